The molecule has 4 heteroatoms. The number of aliphatic hydroxyl groups is 1. The molecule has 4 saturated carbocycles. The van der Waals surface area contributed by atoms with E-state index >= 15 is 0 Å². The number of aliphatic hydroxyl groups excluding tert-OH is 1. The number of rotatable bonds is 6. The SMILES string of the molecule is CC(=O)O[C@H]1CC[C@@]2(C)C(C1)[C@H](O)[C@@H](N)[C@H]1[C@@H]3CC[C@H]([C@H](C)CCCC(C)C)[C@@]3(C)CC[C@@H]12. The van der Waals surface area contributed by atoms with Crippen LogP contribution in [0.2, 0.25) is 0 Å². The number of fused-ring (bicyclic) bond motifs is 5. The Morgan fingerprint density at radius 3 is 2.33 bits per heavy atom. The smallest absolute Gasteiger partial charge is 0.302 e. The van der Waals surface area contributed by atoms with Gasteiger partial charge in [0, 0.05) is 13.0 Å². The molecule has 4 aliphatic carbocycles. The minimum absolute atomic E-state index is 0.0598. The maximum absolute atomic E-state index is 11.6. The molecular weight excluding hydrogens is 410 g/mol. The van der Waals surface area contributed by atoms with E-state index in [0.717, 1.165) is 37.0 Å². The quantitative estimate of drug-likeness (QED) is 0.480. The number of nitrogens with two attached hydrogens (primary N) is 1. The standard InChI is InChI=1S/C29H51NO3/c1-17(2)8-7-9-18(3)21-10-11-22-25-23(13-15-28(21,22)5)29(6)14-12-20(33-19(4)31)16-24(29)27(32)26(25)30/h17-18,20-27,32H,7-16,30H2,1-6H3/t18-,20+,21-,22+,23+,24?,25+,26+,27+,28-,29-/m1/s1. The van der Waals surface area contributed by atoms with Crippen molar-refractivity contribution in [3.63, 3.8) is 0 Å². The van der Waals surface area contributed by atoms with Crippen LogP contribution in [0.4, 0.5) is 0 Å². The van der Waals surface area contributed by atoms with E-state index in [1.807, 2.05) is 0 Å². The Morgan fingerprint density at radius 2 is 1.67 bits per heavy atom. The number of esters is 1. The summed E-state index contributed by atoms with van der Waals surface area (Å²) < 4.78 is 5.59. The van der Waals surface area contributed by atoms with Crippen LogP contribution in [0.5, 0.6) is 0 Å². The zero-order valence-corrected chi connectivity index (χ0v) is 22.2. The fraction of sp³-hybridized carbons (Fsp3) is 0.966. The van der Waals surface area contributed by atoms with Crippen LogP contribution in [0.25, 0.3) is 0 Å². The number of carbonyl (C=O) groups is 1. The van der Waals surface area contributed by atoms with E-state index in [4.69, 9.17) is 10.5 Å². The van der Waals surface area contributed by atoms with Crippen LogP contribution in [0.1, 0.15) is 106 Å². The Labute approximate surface area is 202 Å². The lowest BCUT2D eigenvalue weighted by Crippen LogP contribution is -2.66. The Morgan fingerprint density at radius 1 is 1.00 bits per heavy atom. The molecule has 0 aromatic heterocycles. The molecule has 4 nitrogen and oxygen atoms in total. The van der Waals surface area contributed by atoms with E-state index in [1.165, 1.54) is 51.9 Å². The number of carbonyl (C=O) groups excluding carboxylic acids is 1. The normalized spacial score (nSPS) is 48.0. The van der Waals surface area contributed by atoms with Gasteiger partial charge in [0.2, 0.25) is 0 Å². The average molecular weight is 462 g/mol. The van der Waals surface area contributed by atoms with Gasteiger partial charge in [0.05, 0.1) is 6.10 Å². The van der Waals surface area contributed by atoms with Crippen molar-refractivity contribution in [2.24, 2.45) is 58.0 Å². The molecule has 11 atom stereocenters. The first-order valence-electron chi connectivity index (χ1n) is 14.1. The third-order valence-electron chi connectivity index (χ3n) is 11.3. The molecule has 0 amide bonds. The van der Waals surface area contributed by atoms with Crippen molar-refractivity contribution in [2.45, 2.75) is 124 Å². The van der Waals surface area contributed by atoms with Crippen LogP contribution in [0, 0.1) is 52.3 Å². The third-order valence-corrected chi connectivity index (χ3v) is 11.3. The number of ether oxygens (including phenoxy) is 1. The second-order valence-electron chi connectivity index (χ2n) is 13.5. The zero-order valence-electron chi connectivity index (χ0n) is 22.2. The molecule has 0 aromatic carbocycles. The molecule has 190 valence electrons. The molecule has 33 heavy (non-hydrogen) atoms. The second-order valence-corrected chi connectivity index (χ2v) is 13.5. The average Bonchev–Trinajstić information content (AvgIpc) is 3.09. The Hall–Kier alpha value is -0.610. The van der Waals surface area contributed by atoms with E-state index in [2.05, 4.69) is 34.6 Å². The van der Waals surface area contributed by atoms with Gasteiger partial charge in [-0.25, -0.2) is 0 Å². The summed E-state index contributed by atoms with van der Waals surface area (Å²) in [4.78, 5) is 11.6. The van der Waals surface area contributed by atoms with Gasteiger partial charge in [-0.3, -0.25) is 4.79 Å². The Balaban J connectivity index is 1.52. The second kappa shape index (κ2) is 9.45. The van der Waals surface area contributed by atoms with E-state index in [9.17, 15) is 9.90 Å². The molecule has 0 radical (unpaired) electrons. The molecule has 4 rings (SSSR count). The predicted molar refractivity (Wildman–Crippen MR) is 133 cm³/mol. The van der Waals surface area contributed by atoms with Crippen molar-refractivity contribution in [2.75, 3.05) is 0 Å². The molecule has 0 saturated heterocycles. The van der Waals surface area contributed by atoms with Gasteiger partial charge in [0.15, 0.2) is 0 Å². The van der Waals surface area contributed by atoms with Crippen LogP contribution < -0.4 is 5.73 Å². The highest BCUT2D eigenvalue weighted by Crippen LogP contribution is 2.68. The first kappa shape index (κ1) is 25.5. The lowest BCUT2D eigenvalue weighted by molar-refractivity contribution is -0.189. The highest BCUT2D eigenvalue weighted by molar-refractivity contribution is 5.66. The summed E-state index contributed by atoms with van der Waals surface area (Å²) >= 11 is 0. The van der Waals surface area contributed by atoms with Crippen LogP contribution >= 0.6 is 0 Å². The van der Waals surface area contributed by atoms with Gasteiger partial charge in [-0.1, -0.05) is 53.9 Å². The molecule has 3 N–H and O–H groups in total. The summed E-state index contributed by atoms with van der Waals surface area (Å²) in [5, 5.41) is 11.5. The minimum atomic E-state index is -0.487. The van der Waals surface area contributed by atoms with Crippen molar-refractivity contribution in [1.82, 2.24) is 0 Å². The monoisotopic (exact) mass is 461 g/mol. The molecule has 0 aliphatic heterocycles. The van der Waals surface area contributed by atoms with Crippen molar-refractivity contribution >= 4 is 5.97 Å². The third kappa shape index (κ3) is 4.41. The summed E-state index contributed by atoms with van der Waals surface area (Å²) in [7, 11) is 0. The van der Waals surface area contributed by atoms with Crippen LogP contribution in [-0.4, -0.2) is 29.3 Å². The lowest BCUT2D eigenvalue weighted by atomic mass is 9.42. The Kier molecular flexibility index (Phi) is 7.30. The maximum atomic E-state index is 11.6. The van der Waals surface area contributed by atoms with Crippen molar-refractivity contribution < 1.29 is 14.6 Å². The number of hydrogen-bond acceptors (Lipinski definition) is 4. The number of hydrogen-bond donors (Lipinski definition) is 2. The largest absolute Gasteiger partial charge is 0.463 e. The van der Waals surface area contributed by atoms with E-state index < -0.39 is 6.10 Å². The van der Waals surface area contributed by atoms with Gasteiger partial charge in [-0.05, 0) is 97.2 Å². The summed E-state index contributed by atoms with van der Waals surface area (Å²) in [5.74, 6) is 3.97. The summed E-state index contributed by atoms with van der Waals surface area (Å²) in [6, 6.07) is -0.149. The van der Waals surface area contributed by atoms with Crippen LogP contribution in [-0.2, 0) is 9.53 Å². The molecule has 1 unspecified atom stereocenters. The fourth-order valence-corrected chi connectivity index (χ4v) is 9.68. The molecule has 0 spiro atoms. The topological polar surface area (TPSA) is 72.5 Å². The van der Waals surface area contributed by atoms with Crippen molar-refractivity contribution in [3.05, 3.63) is 0 Å². The molecular formula is C29H51NO3. The summed E-state index contributed by atoms with van der Waals surface area (Å²) in [6.07, 6.45) is 11.4. The molecule has 0 heterocycles. The Bertz CT molecular complexity index is 709. The molecule has 0 bridgehead atoms. The fourth-order valence-electron chi connectivity index (χ4n) is 9.68. The van der Waals surface area contributed by atoms with Gasteiger partial charge in [0.25, 0.3) is 0 Å². The van der Waals surface area contributed by atoms with Gasteiger partial charge in [-0.2, -0.15) is 0 Å². The maximum Gasteiger partial charge on any atom is 0.302 e. The van der Waals surface area contributed by atoms with Crippen molar-refractivity contribution in [1.29, 1.82) is 0 Å². The van der Waals surface area contributed by atoms with Crippen LogP contribution in [0.15, 0.2) is 0 Å². The van der Waals surface area contributed by atoms with Gasteiger partial charge in [0.1, 0.15) is 6.10 Å². The van der Waals surface area contributed by atoms with E-state index in [0.29, 0.717) is 23.2 Å². The first-order valence-corrected chi connectivity index (χ1v) is 14.1. The lowest BCUT2D eigenvalue weighted by Gasteiger charge is -2.64. The minimum Gasteiger partial charge on any atom is -0.463 e. The molecule has 0 aromatic rings. The highest BCUT2D eigenvalue weighted by atomic mass is 16.5. The van der Waals surface area contributed by atoms with Gasteiger partial charge in [-0.15, -0.1) is 0 Å². The summed E-state index contributed by atoms with van der Waals surface area (Å²) in [5.41, 5.74) is 7.42. The highest BCUT2D eigenvalue weighted by Gasteiger charge is 2.64. The first-order chi connectivity index (χ1) is 15.5. The van der Waals surface area contributed by atoms with E-state index in [-0.39, 0.29) is 29.4 Å². The predicted octanol–water partition coefficient (Wildman–Crippen LogP) is 5.95. The van der Waals surface area contributed by atoms with Gasteiger partial charge >= 0.3 is 5.97 Å². The molecule has 4 fully saturated rings. The molecule has 4 aliphatic rings. The van der Waals surface area contributed by atoms with E-state index in [1.54, 1.807) is 0 Å². The van der Waals surface area contributed by atoms with Crippen LogP contribution in [0.3, 0.4) is 0 Å². The summed E-state index contributed by atoms with van der Waals surface area (Å²) in [6.45, 7) is 13.7. The van der Waals surface area contributed by atoms with Gasteiger partial charge < -0.3 is 15.6 Å². The zero-order chi connectivity index (χ0) is 24.1. The van der Waals surface area contributed by atoms with Crippen molar-refractivity contribution in [3.8, 4) is 0 Å².